The minimum atomic E-state index is -0.261. The summed E-state index contributed by atoms with van der Waals surface area (Å²) < 4.78 is 0. The molecule has 0 saturated heterocycles. The van der Waals surface area contributed by atoms with Crippen LogP contribution in [0.1, 0.15) is 21.7 Å². The van der Waals surface area contributed by atoms with Crippen LogP contribution < -0.4 is 5.32 Å². The van der Waals surface area contributed by atoms with Gasteiger partial charge in [0.05, 0.1) is 0 Å². The Labute approximate surface area is 104 Å². The second kappa shape index (κ2) is 5.64. The Balaban J connectivity index is 1.89. The predicted molar refractivity (Wildman–Crippen MR) is 65.8 cm³/mol. The number of nitrogens with one attached hydrogen (secondary N) is 2. The number of carbonyl (C=O) groups is 1. The van der Waals surface area contributed by atoms with Gasteiger partial charge in [-0.2, -0.15) is 5.26 Å². The summed E-state index contributed by atoms with van der Waals surface area (Å²) in [4.78, 5) is 18.6. The lowest BCUT2D eigenvalue weighted by Gasteiger charge is -2.03. The van der Waals surface area contributed by atoms with E-state index >= 15 is 0 Å². The van der Waals surface area contributed by atoms with Crippen molar-refractivity contribution in [2.45, 2.75) is 6.42 Å². The highest BCUT2D eigenvalue weighted by molar-refractivity contribution is 5.92. The van der Waals surface area contributed by atoms with E-state index < -0.39 is 0 Å². The smallest absolute Gasteiger partial charge is 0.269 e. The highest BCUT2D eigenvalue weighted by Crippen LogP contribution is 1.99. The normalized spacial score (nSPS) is 9.72. The van der Waals surface area contributed by atoms with E-state index in [0.717, 1.165) is 12.0 Å². The fourth-order valence-electron chi connectivity index (χ4n) is 1.55. The Morgan fingerprint density at radius 3 is 3.06 bits per heavy atom. The van der Waals surface area contributed by atoms with Gasteiger partial charge in [-0.1, -0.05) is 6.07 Å². The van der Waals surface area contributed by atoms with Crippen LogP contribution in [0.4, 0.5) is 0 Å². The highest BCUT2D eigenvalue weighted by atomic mass is 16.1. The topological polar surface area (TPSA) is 81.6 Å². The Hall–Kier alpha value is -2.61. The number of nitriles is 1. The minimum absolute atomic E-state index is 0.244. The van der Waals surface area contributed by atoms with E-state index in [4.69, 9.17) is 5.26 Å². The van der Waals surface area contributed by atoms with Crippen molar-refractivity contribution in [1.29, 1.82) is 5.26 Å². The van der Waals surface area contributed by atoms with E-state index in [1.54, 1.807) is 18.2 Å². The number of hydrogen-bond acceptors (Lipinski definition) is 3. The van der Waals surface area contributed by atoms with Crippen LogP contribution in [-0.4, -0.2) is 22.4 Å². The van der Waals surface area contributed by atoms with Crippen molar-refractivity contribution in [3.8, 4) is 6.07 Å². The van der Waals surface area contributed by atoms with Gasteiger partial charge in [0.1, 0.15) is 17.5 Å². The first-order chi connectivity index (χ1) is 8.79. The number of carbonyl (C=O) groups excluding carboxylic acids is 1. The number of nitrogens with zero attached hydrogens (tertiary/aromatic N) is 2. The van der Waals surface area contributed by atoms with E-state index in [-0.39, 0.29) is 17.3 Å². The van der Waals surface area contributed by atoms with E-state index in [9.17, 15) is 4.79 Å². The van der Waals surface area contributed by atoms with E-state index in [2.05, 4.69) is 15.3 Å². The second-order valence-electron chi connectivity index (χ2n) is 3.75. The molecule has 5 heteroatoms. The molecule has 2 aromatic rings. The predicted octanol–water partition coefficient (Wildman–Crippen LogP) is 1.25. The Morgan fingerprint density at radius 1 is 1.44 bits per heavy atom. The molecule has 18 heavy (non-hydrogen) atoms. The average molecular weight is 240 g/mol. The zero-order valence-electron chi connectivity index (χ0n) is 9.68. The third-order valence-electron chi connectivity index (χ3n) is 2.46. The van der Waals surface area contributed by atoms with Crippen molar-refractivity contribution < 1.29 is 4.79 Å². The maximum absolute atomic E-state index is 11.8. The molecule has 5 nitrogen and oxygen atoms in total. The SMILES string of the molecule is N#Cc1cccc(C(=O)NCCc2cc[nH]c2)n1. The average Bonchev–Trinajstić information content (AvgIpc) is 2.92. The molecule has 0 bridgehead atoms. The monoisotopic (exact) mass is 240 g/mol. The van der Waals surface area contributed by atoms with Crippen molar-refractivity contribution in [3.63, 3.8) is 0 Å². The number of hydrogen-bond donors (Lipinski definition) is 2. The largest absolute Gasteiger partial charge is 0.367 e. The van der Waals surface area contributed by atoms with Crippen LogP contribution in [0.3, 0.4) is 0 Å². The molecule has 0 fully saturated rings. The second-order valence-corrected chi connectivity index (χ2v) is 3.75. The quantitative estimate of drug-likeness (QED) is 0.843. The number of aromatic nitrogens is 2. The number of rotatable bonds is 4. The van der Waals surface area contributed by atoms with Crippen molar-refractivity contribution in [3.05, 3.63) is 53.6 Å². The van der Waals surface area contributed by atoms with Gasteiger partial charge in [0, 0.05) is 18.9 Å². The molecule has 0 aliphatic rings. The summed E-state index contributed by atoms with van der Waals surface area (Å²) in [6.07, 6.45) is 4.49. The zero-order chi connectivity index (χ0) is 12.8. The number of H-pyrrole nitrogens is 1. The Morgan fingerprint density at radius 2 is 2.33 bits per heavy atom. The number of aromatic amines is 1. The van der Waals surface area contributed by atoms with Crippen LogP contribution in [0.25, 0.3) is 0 Å². The van der Waals surface area contributed by atoms with Gasteiger partial charge < -0.3 is 10.3 Å². The van der Waals surface area contributed by atoms with Gasteiger partial charge in [-0.05, 0) is 30.2 Å². The van der Waals surface area contributed by atoms with E-state index in [0.29, 0.717) is 6.54 Å². The molecule has 0 saturated carbocycles. The van der Waals surface area contributed by atoms with Crippen LogP contribution in [0.2, 0.25) is 0 Å². The highest BCUT2D eigenvalue weighted by Gasteiger charge is 2.07. The molecule has 2 aromatic heterocycles. The molecular formula is C13H12N4O. The van der Waals surface area contributed by atoms with Crippen molar-refractivity contribution in [2.24, 2.45) is 0 Å². The molecule has 0 atom stereocenters. The van der Waals surface area contributed by atoms with Gasteiger partial charge in [-0.25, -0.2) is 4.98 Å². The van der Waals surface area contributed by atoms with Crippen LogP contribution in [0.5, 0.6) is 0 Å². The first-order valence-corrected chi connectivity index (χ1v) is 5.56. The lowest BCUT2D eigenvalue weighted by molar-refractivity contribution is 0.0949. The van der Waals surface area contributed by atoms with Gasteiger partial charge in [-0.15, -0.1) is 0 Å². The van der Waals surface area contributed by atoms with Gasteiger partial charge in [0.25, 0.3) is 5.91 Å². The zero-order valence-corrected chi connectivity index (χ0v) is 9.68. The summed E-state index contributed by atoms with van der Waals surface area (Å²) in [5.74, 6) is -0.261. The van der Waals surface area contributed by atoms with Crippen LogP contribution in [-0.2, 0) is 6.42 Å². The summed E-state index contributed by atoms with van der Waals surface area (Å²) in [5.41, 5.74) is 1.64. The fourth-order valence-corrected chi connectivity index (χ4v) is 1.55. The fraction of sp³-hybridized carbons (Fsp3) is 0.154. The molecule has 0 spiro atoms. The molecule has 0 aromatic carbocycles. The summed E-state index contributed by atoms with van der Waals surface area (Å²) in [6.45, 7) is 0.537. The van der Waals surface area contributed by atoms with E-state index in [1.165, 1.54) is 0 Å². The molecule has 0 aliphatic heterocycles. The molecule has 0 unspecified atom stereocenters. The summed E-state index contributed by atoms with van der Waals surface area (Å²) in [5, 5.41) is 11.5. The van der Waals surface area contributed by atoms with Crippen LogP contribution in [0, 0.1) is 11.3 Å². The maximum Gasteiger partial charge on any atom is 0.269 e. The van der Waals surface area contributed by atoms with Gasteiger partial charge in [0.2, 0.25) is 0 Å². The summed E-state index contributed by atoms with van der Waals surface area (Å²) in [7, 11) is 0. The van der Waals surface area contributed by atoms with Crippen LogP contribution in [0.15, 0.2) is 36.7 Å². The maximum atomic E-state index is 11.8. The molecular weight excluding hydrogens is 228 g/mol. The molecule has 2 rings (SSSR count). The molecule has 2 heterocycles. The molecule has 0 radical (unpaired) electrons. The number of pyridine rings is 1. The molecule has 2 N–H and O–H groups in total. The van der Waals surface area contributed by atoms with Crippen molar-refractivity contribution in [2.75, 3.05) is 6.54 Å². The van der Waals surface area contributed by atoms with Crippen molar-refractivity contribution in [1.82, 2.24) is 15.3 Å². The van der Waals surface area contributed by atoms with Crippen LogP contribution >= 0.6 is 0 Å². The third-order valence-corrected chi connectivity index (χ3v) is 2.46. The molecule has 1 amide bonds. The van der Waals surface area contributed by atoms with Crippen molar-refractivity contribution >= 4 is 5.91 Å². The minimum Gasteiger partial charge on any atom is -0.367 e. The first-order valence-electron chi connectivity index (χ1n) is 5.56. The summed E-state index contributed by atoms with van der Waals surface area (Å²) in [6, 6.07) is 8.67. The number of amides is 1. The van der Waals surface area contributed by atoms with Gasteiger partial charge in [-0.3, -0.25) is 4.79 Å². The molecule has 90 valence electrons. The Kier molecular flexibility index (Phi) is 3.72. The Bertz CT molecular complexity index is 569. The third kappa shape index (κ3) is 2.95. The molecule has 0 aliphatic carbocycles. The standard InChI is InChI=1S/C13H12N4O/c14-8-11-2-1-3-12(17-11)13(18)16-7-5-10-4-6-15-9-10/h1-4,6,9,15H,5,7H2,(H,16,18). The first kappa shape index (κ1) is 11.9. The van der Waals surface area contributed by atoms with Gasteiger partial charge in [0.15, 0.2) is 0 Å². The summed E-state index contributed by atoms with van der Waals surface area (Å²) >= 11 is 0. The lowest BCUT2D eigenvalue weighted by atomic mass is 10.2. The van der Waals surface area contributed by atoms with Gasteiger partial charge >= 0.3 is 0 Å². The van der Waals surface area contributed by atoms with E-state index in [1.807, 2.05) is 24.5 Å². The lowest BCUT2D eigenvalue weighted by Crippen LogP contribution is -2.26.